The summed E-state index contributed by atoms with van der Waals surface area (Å²) in [5.74, 6) is 0.831. The van der Waals surface area contributed by atoms with Crippen LogP contribution >= 0.6 is 23.1 Å². The van der Waals surface area contributed by atoms with Gasteiger partial charge in [-0.3, -0.25) is 9.78 Å². The van der Waals surface area contributed by atoms with Crippen LogP contribution in [0.3, 0.4) is 0 Å². The summed E-state index contributed by atoms with van der Waals surface area (Å²) < 4.78 is 1.87. The van der Waals surface area contributed by atoms with Gasteiger partial charge in [-0.2, -0.15) is 0 Å². The highest BCUT2D eigenvalue weighted by atomic mass is 32.2. The molecular formula is C21H20N6OS2. The molecule has 0 aliphatic rings. The van der Waals surface area contributed by atoms with Crippen LogP contribution in [0.15, 0.2) is 59.3 Å². The quantitative estimate of drug-likeness (QED) is 0.435. The number of aromatic nitrogens is 5. The number of amides is 1. The van der Waals surface area contributed by atoms with Gasteiger partial charge in [0.05, 0.1) is 11.4 Å². The summed E-state index contributed by atoms with van der Waals surface area (Å²) in [6.07, 6.45) is 4.43. The van der Waals surface area contributed by atoms with Gasteiger partial charge >= 0.3 is 0 Å². The third-order valence-electron chi connectivity index (χ3n) is 4.51. The normalized spacial score (nSPS) is 10.9. The highest BCUT2D eigenvalue weighted by Crippen LogP contribution is 2.26. The van der Waals surface area contributed by atoms with Gasteiger partial charge in [0.25, 0.3) is 0 Å². The van der Waals surface area contributed by atoms with Crippen molar-refractivity contribution >= 4 is 34.1 Å². The second kappa shape index (κ2) is 9.19. The van der Waals surface area contributed by atoms with Crippen molar-refractivity contribution in [2.24, 2.45) is 7.05 Å². The predicted molar refractivity (Wildman–Crippen MR) is 121 cm³/mol. The fourth-order valence-electron chi connectivity index (χ4n) is 2.85. The standard InChI is InChI=1S/C21H20N6OS2/c1-3-14-4-6-15(7-5-14)17-12-29-20(23-17)24-18(28)13-30-21-26-25-19(27(21)2)16-8-10-22-11-9-16/h4-12H,3,13H2,1-2H3,(H,23,24,28). The monoisotopic (exact) mass is 436 g/mol. The molecule has 0 aliphatic carbocycles. The number of anilines is 1. The number of hydrogen-bond donors (Lipinski definition) is 1. The lowest BCUT2D eigenvalue weighted by atomic mass is 10.1. The molecule has 0 fully saturated rings. The zero-order chi connectivity index (χ0) is 20.9. The van der Waals surface area contributed by atoms with Crippen molar-refractivity contribution < 1.29 is 4.79 Å². The Morgan fingerprint density at radius 3 is 2.60 bits per heavy atom. The molecule has 0 radical (unpaired) electrons. The first-order chi connectivity index (χ1) is 14.6. The Labute approximate surface area is 182 Å². The molecule has 0 saturated carbocycles. The van der Waals surface area contributed by atoms with Crippen LogP contribution in [0.25, 0.3) is 22.6 Å². The molecule has 152 valence electrons. The first-order valence-corrected chi connectivity index (χ1v) is 11.3. The molecule has 1 amide bonds. The zero-order valence-electron chi connectivity index (χ0n) is 16.6. The molecule has 0 spiro atoms. The summed E-state index contributed by atoms with van der Waals surface area (Å²) in [6, 6.07) is 12.1. The van der Waals surface area contributed by atoms with Gasteiger partial charge in [-0.25, -0.2) is 4.98 Å². The number of pyridine rings is 1. The predicted octanol–water partition coefficient (Wildman–Crippen LogP) is 4.29. The lowest BCUT2D eigenvalue weighted by Gasteiger charge is -2.04. The maximum atomic E-state index is 12.4. The van der Waals surface area contributed by atoms with Gasteiger partial charge in [-0.05, 0) is 24.1 Å². The van der Waals surface area contributed by atoms with Crippen LogP contribution in [0.5, 0.6) is 0 Å². The number of rotatable bonds is 7. The second-order valence-electron chi connectivity index (χ2n) is 6.53. The third kappa shape index (κ3) is 4.58. The van der Waals surface area contributed by atoms with Crippen LogP contribution in [-0.2, 0) is 18.3 Å². The van der Waals surface area contributed by atoms with Crippen molar-refractivity contribution in [2.75, 3.05) is 11.1 Å². The Morgan fingerprint density at radius 1 is 1.10 bits per heavy atom. The van der Waals surface area contributed by atoms with Crippen molar-refractivity contribution in [2.45, 2.75) is 18.5 Å². The van der Waals surface area contributed by atoms with E-state index in [4.69, 9.17) is 0 Å². The van der Waals surface area contributed by atoms with Gasteiger partial charge in [-0.15, -0.1) is 21.5 Å². The lowest BCUT2D eigenvalue weighted by Crippen LogP contribution is -2.14. The number of nitrogens with zero attached hydrogens (tertiary/aromatic N) is 5. The Hall–Kier alpha value is -3.04. The summed E-state index contributed by atoms with van der Waals surface area (Å²) in [5, 5.41) is 14.5. The molecule has 4 aromatic rings. The average molecular weight is 437 g/mol. The average Bonchev–Trinajstić information content (AvgIpc) is 3.39. The topological polar surface area (TPSA) is 85.6 Å². The maximum Gasteiger partial charge on any atom is 0.236 e. The number of nitrogens with one attached hydrogen (secondary N) is 1. The van der Waals surface area contributed by atoms with Crippen molar-refractivity contribution in [1.82, 2.24) is 24.7 Å². The lowest BCUT2D eigenvalue weighted by molar-refractivity contribution is -0.113. The van der Waals surface area contributed by atoms with E-state index in [1.165, 1.54) is 28.7 Å². The Kier molecular flexibility index (Phi) is 6.20. The van der Waals surface area contributed by atoms with E-state index in [2.05, 4.69) is 56.7 Å². The van der Waals surface area contributed by atoms with Gasteiger partial charge in [0.15, 0.2) is 16.1 Å². The molecule has 0 aliphatic heterocycles. The van der Waals surface area contributed by atoms with Crippen molar-refractivity contribution in [3.63, 3.8) is 0 Å². The first-order valence-electron chi connectivity index (χ1n) is 9.41. The minimum atomic E-state index is -0.129. The highest BCUT2D eigenvalue weighted by Gasteiger charge is 2.14. The van der Waals surface area contributed by atoms with E-state index in [1.807, 2.05) is 29.1 Å². The summed E-state index contributed by atoms with van der Waals surface area (Å²) in [7, 11) is 1.88. The van der Waals surface area contributed by atoms with E-state index >= 15 is 0 Å². The summed E-state index contributed by atoms with van der Waals surface area (Å²) in [5.41, 5.74) is 4.12. The van der Waals surface area contributed by atoms with Crippen molar-refractivity contribution in [3.05, 3.63) is 59.7 Å². The highest BCUT2D eigenvalue weighted by molar-refractivity contribution is 7.99. The molecular weight excluding hydrogens is 416 g/mol. The number of carbonyl (C=O) groups excluding carboxylic acids is 1. The van der Waals surface area contributed by atoms with Crippen LogP contribution in [0, 0.1) is 0 Å². The van der Waals surface area contributed by atoms with E-state index in [1.54, 1.807) is 12.4 Å². The summed E-state index contributed by atoms with van der Waals surface area (Å²) >= 11 is 2.75. The molecule has 3 heterocycles. The van der Waals surface area contributed by atoms with Gasteiger partial charge in [-0.1, -0.05) is 43.0 Å². The molecule has 7 nitrogen and oxygen atoms in total. The third-order valence-corrected chi connectivity index (χ3v) is 6.29. The molecule has 0 unspecified atom stereocenters. The number of aryl methyl sites for hydroxylation is 1. The molecule has 0 atom stereocenters. The number of thioether (sulfide) groups is 1. The van der Waals surface area contributed by atoms with E-state index in [-0.39, 0.29) is 11.7 Å². The minimum absolute atomic E-state index is 0.129. The molecule has 0 saturated heterocycles. The van der Waals surface area contributed by atoms with Crippen molar-refractivity contribution in [3.8, 4) is 22.6 Å². The van der Waals surface area contributed by atoms with E-state index in [0.29, 0.717) is 10.3 Å². The number of carbonyl (C=O) groups is 1. The fraction of sp³-hybridized carbons (Fsp3) is 0.190. The van der Waals surface area contributed by atoms with Gasteiger partial charge in [0, 0.05) is 35.9 Å². The van der Waals surface area contributed by atoms with Crippen LogP contribution in [0.2, 0.25) is 0 Å². The smallest absolute Gasteiger partial charge is 0.236 e. The SMILES string of the molecule is CCc1ccc(-c2csc(NC(=O)CSc3nnc(-c4ccncc4)n3C)n2)cc1. The fourth-order valence-corrected chi connectivity index (χ4v) is 4.30. The van der Waals surface area contributed by atoms with Crippen molar-refractivity contribution in [1.29, 1.82) is 0 Å². The molecule has 1 N–H and O–H groups in total. The second-order valence-corrected chi connectivity index (χ2v) is 8.33. The number of hydrogen-bond acceptors (Lipinski definition) is 7. The maximum absolute atomic E-state index is 12.4. The van der Waals surface area contributed by atoms with Gasteiger partial charge in [0.1, 0.15) is 0 Å². The zero-order valence-corrected chi connectivity index (χ0v) is 18.2. The molecule has 4 rings (SSSR count). The van der Waals surface area contributed by atoms with E-state index in [0.717, 1.165) is 29.1 Å². The Bertz CT molecular complexity index is 1140. The molecule has 30 heavy (non-hydrogen) atoms. The number of thiazole rings is 1. The van der Waals surface area contributed by atoms with Crippen LogP contribution in [0.1, 0.15) is 12.5 Å². The molecule has 1 aromatic carbocycles. The molecule has 3 aromatic heterocycles. The van der Waals surface area contributed by atoms with Gasteiger partial charge < -0.3 is 9.88 Å². The van der Waals surface area contributed by atoms with Crippen LogP contribution < -0.4 is 5.32 Å². The van der Waals surface area contributed by atoms with Gasteiger partial charge in [0.2, 0.25) is 5.91 Å². The van der Waals surface area contributed by atoms with E-state index in [9.17, 15) is 4.79 Å². The minimum Gasteiger partial charge on any atom is -0.305 e. The van der Waals surface area contributed by atoms with Crippen LogP contribution in [0.4, 0.5) is 5.13 Å². The first kappa shape index (κ1) is 20.2. The molecule has 9 heteroatoms. The molecule has 0 bridgehead atoms. The summed E-state index contributed by atoms with van der Waals surface area (Å²) in [4.78, 5) is 20.9. The number of benzene rings is 1. The Balaban J connectivity index is 1.35. The largest absolute Gasteiger partial charge is 0.305 e. The summed E-state index contributed by atoms with van der Waals surface area (Å²) in [6.45, 7) is 2.13. The Morgan fingerprint density at radius 2 is 1.87 bits per heavy atom. The van der Waals surface area contributed by atoms with Crippen LogP contribution in [-0.4, -0.2) is 36.4 Å². The van der Waals surface area contributed by atoms with E-state index < -0.39 is 0 Å².